The zero-order valence-electron chi connectivity index (χ0n) is 24.8. The number of hydrogen-bond donors (Lipinski definition) is 0. The van der Waals surface area contributed by atoms with E-state index in [1.54, 1.807) is 11.5 Å². The first-order chi connectivity index (χ1) is 20.8. The zero-order valence-corrected chi connectivity index (χ0v) is 26.4. The number of hydrogen-bond acceptors (Lipinski definition) is 6. The minimum atomic E-state index is -0.634. The van der Waals surface area contributed by atoms with Crippen LogP contribution in [0.15, 0.2) is 93.9 Å². The first-order valence-corrected chi connectivity index (χ1v) is 15.8. The molecule has 0 N–H and O–H groups in total. The number of nitrogens with zero attached hydrogens (tertiary/aromatic N) is 2. The molecule has 0 spiro atoms. The molecule has 222 valence electrons. The van der Waals surface area contributed by atoms with Crippen molar-refractivity contribution >= 4 is 35.0 Å². The fraction of sp³-hybridized carbons (Fsp3) is 0.286. The molecule has 0 bridgehead atoms. The van der Waals surface area contributed by atoms with Crippen LogP contribution in [0.1, 0.15) is 74.8 Å². The number of aromatic nitrogens is 1. The largest absolute Gasteiger partial charge is 0.489 e. The molecule has 0 unspecified atom stereocenters. The summed E-state index contributed by atoms with van der Waals surface area (Å²) in [6, 6.07) is 22.7. The third-order valence-electron chi connectivity index (χ3n) is 7.32. The van der Waals surface area contributed by atoms with E-state index in [0.29, 0.717) is 50.3 Å². The lowest BCUT2D eigenvalue weighted by molar-refractivity contribution is -0.139. The summed E-state index contributed by atoms with van der Waals surface area (Å²) in [5, 5.41) is 0.651. The van der Waals surface area contributed by atoms with Crippen molar-refractivity contribution in [1.82, 2.24) is 4.57 Å². The van der Waals surface area contributed by atoms with Gasteiger partial charge in [-0.3, -0.25) is 9.36 Å². The lowest BCUT2D eigenvalue weighted by Crippen LogP contribution is -2.40. The molecule has 0 fully saturated rings. The fourth-order valence-electron chi connectivity index (χ4n) is 5.12. The van der Waals surface area contributed by atoms with Crippen molar-refractivity contribution < 1.29 is 14.3 Å². The highest BCUT2D eigenvalue weighted by molar-refractivity contribution is 7.07. The number of halogens is 1. The molecule has 0 saturated carbocycles. The minimum absolute atomic E-state index is 0.207. The summed E-state index contributed by atoms with van der Waals surface area (Å²) >= 11 is 7.61. The van der Waals surface area contributed by atoms with Gasteiger partial charge in [0.1, 0.15) is 12.4 Å². The third kappa shape index (κ3) is 6.68. The Morgan fingerprint density at radius 1 is 1.07 bits per heavy atom. The molecule has 43 heavy (non-hydrogen) atoms. The van der Waals surface area contributed by atoms with E-state index < -0.39 is 12.0 Å². The van der Waals surface area contributed by atoms with Gasteiger partial charge in [0.25, 0.3) is 5.56 Å². The molecule has 0 saturated heterocycles. The maximum absolute atomic E-state index is 14.1. The van der Waals surface area contributed by atoms with Crippen LogP contribution in [0.3, 0.4) is 0 Å². The number of carbonyl (C=O) groups excluding carboxylic acids is 1. The van der Waals surface area contributed by atoms with E-state index in [4.69, 9.17) is 26.1 Å². The molecule has 4 aromatic rings. The van der Waals surface area contributed by atoms with Gasteiger partial charge in [-0.2, -0.15) is 0 Å². The molecule has 3 aromatic carbocycles. The Balaban J connectivity index is 1.59. The lowest BCUT2D eigenvalue weighted by atomic mass is 9.92. The van der Waals surface area contributed by atoms with Crippen molar-refractivity contribution in [3.63, 3.8) is 0 Å². The number of carbonyl (C=O) groups is 1. The molecule has 5 rings (SSSR count). The summed E-state index contributed by atoms with van der Waals surface area (Å²) < 4.78 is 13.7. The average molecular weight is 615 g/mol. The third-order valence-corrected chi connectivity index (χ3v) is 8.67. The number of rotatable bonds is 10. The molecule has 0 radical (unpaired) electrons. The Hall–Kier alpha value is -3.94. The van der Waals surface area contributed by atoms with Gasteiger partial charge in [-0.1, -0.05) is 105 Å². The van der Waals surface area contributed by atoms with Gasteiger partial charge < -0.3 is 9.47 Å². The first kappa shape index (κ1) is 30.5. The molecular weight excluding hydrogens is 580 g/mol. The lowest BCUT2D eigenvalue weighted by Gasteiger charge is -2.26. The molecule has 1 aromatic heterocycles. The van der Waals surface area contributed by atoms with Crippen molar-refractivity contribution in [3.8, 4) is 5.75 Å². The zero-order chi connectivity index (χ0) is 30.5. The van der Waals surface area contributed by atoms with E-state index in [-0.39, 0.29) is 12.2 Å². The number of fused-ring (bicyclic) bond motifs is 1. The maximum atomic E-state index is 14.1. The second-order valence-electron chi connectivity index (χ2n) is 10.7. The van der Waals surface area contributed by atoms with Crippen molar-refractivity contribution in [3.05, 3.63) is 131 Å². The van der Waals surface area contributed by atoms with Crippen LogP contribution < -0.4 is 19.6 Å². The normalized spacial score (nSPS) is 14.9. The highest BCUT2D eigenvalue weighted by Gasteiger charge is 2.34. The number of esters is 1. The van der Waals surface area contributed by atoms with Gasteiger partial charge in [-0.15, -0.1) is 0 Å². The number of ether oxygens (including phenoxy) is 2. The van der Waals surface area contributed by atoms with E-state index >= 15 is 0 Å². The molecular formula is C35H35ClN2O4S. The monoisotopic (exact) mass is 614 g/mol. The van der Waals surface area contributed by atoms with Crippen LogP contribution in [0.4, 0.5) is 0 Å². The van der Waals surface area contributed by atoms with E-state index in [9.17, 15) is 9.59 Å². The predicted molar refractivity (Wildman–Crippen MR) is 172 cm³/mol. The quantitative estimate of drug-likeness (QED) is 0.182. The summed E-state index contributed by atoms with van der Waals surface area (Å²) in [4.78, 5) is 32.9. The van der Waals surface area contributed by atoms with Crippen molar-refractivity contribution in [1.29, 1.82) is 0 Å². The molecule has 1 atom stereocenters. The Morgan fingerprint density at radius 3 is 2.53 bits per heavy atom. The summed E-state index contributed by atoms with van der Waals surface area (Å²) in [7, 11) is 0. The summed E-state index contributed by atoms with van der Waals surface area (Å²) in [6.07, 6.45) is 3.25. The number of benzene rings is 3. The van der Waals surface area contributed by atoms with Crippen LogP contribution in [0.25, 0.3) is 6.08 Å². The predicted octanol–water partition coefficient (Wildman–Crippen LogP) is 6.93. The van der Waals surface area contributed by atoms with Gasteiger partial charge >= 0.3 is 5.97 Å². The van der Waals surface area contributed by atoms with Crippen LogP contribution in [0.5, 0.6) is 5.75 Å². The fourth-order valence-corrected chi connectivity index (χ4v) is 6.33. The Labute approximate surface area is 260 Å². The maximum Gasteiger partial charge on any atom is 0.338 e. The van der Waals surface area contributed by atoms with E-state index in [1.165, 1.54) is 16.9 Å². The second-order valence-corrected chi connectivity index (χ2v) is 12.1. The molecule has 1 aliphatic heterocycles. The number of allylic oxidation sites excluding steroid dienone is 1. The van der Waals surface area contributed by atoms with Crippen LogP contribution in [-0.2, 0) is 16.1 Å². The molecule has 1 aliphatic rings. The van der Waals surface area contributed by atoms with Crippen molar-refractivity contribution in [2.24, 2.45) is 4.99 Å². The van der Waals surface area contributed by atoms with Gasteiger partial charge in [0.2, 0.25) is 0 Å². The minimum Gasteiger partial charge on any atom is -0.489 e. The second kappa shape index (κ2) is 13.6. The van der Waals surface area contributed by atoms with E-state index in [0.717, 1.165) is 23.1 Å². The van der Waals surface area contributed by atoms with Gasteiger partial charge in [0.05, 0.1) is 28.5 Å². The van der Waals surface area contributed by atoms with Gasteiger partial charge in [-0.05, 0) is 60.2 Å². The van der Waals surface area contributed by atoms with Crippen LogP contribution in [0, 0.1) is 0 Å². The smallest absolute Gasteiger partial charge is 0.338 e. The van der Waals surface area contributed by atoms with E-state index in [2.05, 4.69) is 26.0 Å². The molecule has 0 amide bonds. The average Bonchev–Trinajstić information content (AvgIpc) is 3.30. The highest BCUT2D eigenvalue weighted by atomic mass is 35.5. The Bertz CT molecular complexity index is 1840. The Kier molecular flexibility index (Phi) is 9.63. The van der Waals surface area contributed by atoms with Crippen LogP contribution >= 0.6 is 22.9 Å². The molecule has 6 nitrogen and oxygen atoms in total. The van der Waals surface area contributed by atoms with Crippen LogP contribution in [0.2, 0.25) is 5.02 Å². The Morgan fingerprint density at radius 2 is 1.84 bits per heavy atom. The summed E-state index contributed by atoms with van der Waals surface area (Å²) in [6.45, 7) is 8.67. The van der Waals surface area contributed by atoms with Crippen molar-refractivity contribution in [2.75, 3.05) is 6.61 Å². The summed E-state index contributed by atoms with van der Waals surface area (Å²) in [5.41, 5.74) is 4.63. The SMILES string of the molecule is CCCC1=C(C(=O)OCC)[C@H](c2ccc(C(C)C)cc2)n2c(s/c(=C/c3cccc(OCc4ccccc4Cl)c3)c2=O)=N1. The van der Waals surface area contributed by atoms with Gasteiger partial charge in [0, 0.05) is 10.6 Å². The molecule has 0 aliphatic carbocycles. The van der Waals surface area contributed by atoms with Crippen LogP contribution in [-0.4, -0.2) is 17.1 Å². The highest BCUT2D eigenvalue weighted by Crippen LogP contribution is 2.33. The standard InChI is InChI=1S/C35H35ClN2O4S/c1-5-10-29-31(34(40)41-6-2)32(25-17-15-24(16-18-25)22(3)4)38-33(39)30(43-35(38)37-29)20-23-11-9-13-27(19-23)42-21-26-12-7-8-14-28(26)36/h7-9,11-20,22,32H,5-6,10,21H2,1-4H3/b30-20+/t32-/m0/s1. The topological polar surface area (TPSA) is 69.9 Å². The first-order valence-electron chi connectivity index (χ1n) is 14.6. The number of thiazole rings is 1. The van der Waals surface area contributed by atoms with Gasteiger partial charge in [-0.25, -0.2) is 9.79 Å². The summed E-state index contributed by atoms with van der Waals surface area (Å²) in [5.74, 6) is 0.584. The van der Waals surface area contributed by atoms with E-state index in [1.807, 2.05) is 73.7 Å². The molecule has 2 heterocycles. The molecule has 8 heteroatoms. The van der Waals surface area contributed by atoms with Gasteiger partial charge in [0.15, 0.2) is 4.80 Å². The van der Waals surface area contributed by atoms with Crippen molar-refractivity contribution in [2.45, 2.75) is 59.1 Å².